The van der Waals surface area contributed by atoms with Gasteiger partial charge in [0.15, 0.2) is 0 Å². The van der Waals surface area contributed by atoms with Crippen molar-refractivity contribution in [1.29, 1.82) is 0 Å². The third-order valence-electron chi connectivity index (χ3n) is 6.26. The number of benzene rings is 2. The van der Waals surface area contributed by atoms with Crippen molar-refractivity contribution in [1.82, 2.24) is 19.5 Å². The Hall–Kier alpha value is -3.68. The van der Waals surface area contributed by atoms with Crippen molar-refractivity contribution >= 4 is 39.4 Å². The third kappa shape index (κ3) is 4.78. The molecule has 35 heavy (non-hydrogen) atoms. The van der Waals surface area contributed by atoms with Crippen molar-refractivity contribution in [2.24, 2.45) is 0 Å². The van der Waals surface area contributed by atoms with E-state index < -0.39 is 0 Å². The maximum Gasteiger partial charge on any atom is 0.145 e. The average molecular weight is 486 g/mol. The lowest BCUT2D eigenvalue weighted by Crippen LogP contribution is -2.18. The zero-order valence-corrected chi connectivity index (χ0v) is 19.7. The van der Waals surface area contributed by atoms with Crippen LogP contribution in [0.5, 0.6) is 5.75 Å². The van der Waals surface area contributed by atoms with Gasteiger partial charge < -0.3 is 19.4 Å². The van der Waals surface area contributed by atoms with Gasteiger partial charge in [-0.2, -0.15) is 0 Å². The fraction of sp³-hybridized carbons (Fsp3) is 0.222. The predicted molar refractivity (Wildman–Crippen MR) is 137 cm³/mol. The molecule has 1 fully saturated rings. The molecule has 2 aromatic carbocycles. The van der Waals surface area contributed by atoms with E-state index in [-0.39, 0.29) is 12.3 Å². The number of rotatable bonds is 7. The summed E-state index contributed by atoms with van der Waals surface area (Å²) in [5, 5.41) is 6.18. The first kappa shape index (κ1) is 21.8. The van der Waals surface area contributed by atoms with E-state index in [1.165, 1.54) is 0 Å². The predicted octanol–water partition coefficient (Wildman–Crippen LogP) is 6.00. The van der Waals surface area contributed by atoms with Gasteiger partial charge in [-0.3, -0.25) is 0 Å². The van der Waals surface area contributed by atoms with Gasteiger partial charge in [0.2, 0.25) is 0 Å². The molecule has 0 radical (unpaired) electrons. The molecular formula is C27H24ClN5O2. The highest BCUT2D eigenvalue weighted by atomic mass is 35.5. The number of hydrogen-bond acceptors (Lipinski definition) is 6. The fourth-order valence-electron chi connectivity index (χ4n) is 4.41. The molecule has 2 unspecified atom stereocenters. The van der Waals surface area contributed by atoms with Gasteiger partial charge in [0.1, 0.15) is 36.4 Å². The second-order valence-corrected chi connectivity index (χ2v) is 9.09. The van der Waals surface area contributed by atoms with Crippen LogP contribution >= 0.6 is 11.6 Å². The van der Waals surface area contributed by atoms with E-state index in [9.17, 15) is 0 Å². The molecule has 0 bridgehead atoms. The molecule has 0 saturated carbocycles. The Morgan fingerprint density at radius 1 is 1.03 bits per heavy atom. The lowest BCUT2D eigenvalue weighted by Gasteiger charge is -2.16. The number of anilines is 1. The summed E-state index contributed by atoms with van der Waals surface area (Å²) in [6.45, 7) is 1.17. The summed E-state index contributed by atoms with van der Waals surface area (Å²) in [7, 11) is 0. The van der Waals surface area contributed by atoms with Crippen LogP contribution < -0.4 is 10.1 Å². The van der Waals surface area contributed by atoms with Gasteiger partial charge in [-0.25, -0.2) is 15.0 Å². The van der Waals surface area contributed by atoms with Crippen molar-refractivity contribution in [3.05, 3.63) is 90.0 Å². The van der Waals surface area contributed by atoms with Crippen LogP contribution in [0.4, 0.5) is 5.82 Å². The van der Waals surface area contributed by atoms with Crippen LogP contribution in [0.3, 0.4) is 0 Å². The highest BCUT2D eigenvalue weighted by molar-refractivity contribution is 6.30. The van der Waals surface area contributed by atoms with E-state index in [0.717, 1.165) is 56.9 Å². The minimum absolute atomic E-state index is 0.0234. The van der Waals surface area contributed by atoms with Crippen molar-refractivity contribution < 1.29 is 9.47 Å². The minimum atomic E-state index is -0.0384. The lowest BCUT2D eigenvalue weighted by molar-refractivity contribution is -0.0156. The minimum Gasteiger partial charge on any atom is -0.491 e. The second-order valence-electron chi connectivity index (χ2n) is 8.66. The molecule has 0 amide bonds. The molecule has 3 aromatic heterocycles. The SMILES string of the molecule is Clc1ccc(CNc2ccc3ccc(OCC4CCC(n5ccc6cncnc65)O4)cc3n2)cc1. The number of halogens is 1. The summed E-state index contributed by atoms with van der Waals surface area (Å²) in [4.78, 5) is 13.2. The Morgan fingerprint density at radius 2 is 1.91 bits per heavy atom. The first-order valence-electron chi connectivity index (χ1n) is 11.7. The van der Waals surface area contributed by atoms with Crippen molar-refractivity contribution in [3.8, 4) is 5.75 Å². The normalized spacial score (nSPS) is 17.7. The van der Waals surface area contributed by atoms with Crippen LogP contribution in [0, 0.1) is 0 Å². The summed E-state index contributed by atoms with van der Waals surface area (Å²) in [5.74, 6) is 1.60. The summed E-state index contributed by atoms with van der Waals surface area (Å²) >= 11 is 5.97. The van der Waals surface area contributed by atoms with Gasteiger partial charge in [0.05, 0.1) is 11.6 Å². The van der Waals surface area contributed by atoms with Crippen LogP contribution in [-0.4, -0.2) is 32.2 Å². The number of fused-ring (bicyclic) bond motifs is 2. The monoisotopic (exact) mass is 485 g/mol. The largest absolute Gasteiger partial charge is 0.491 e. The Kier molecular flexibility index (Phi) is 5.94. The molecule has 1 aliphatic rings. The summed E-state index contributed by atoms with van der Waals surface area (Å²) < 4.78 is 14.4. The van der Waals surface area contributed by atoms with Crippen LogP contribution in [0.1, 0.15) is 24.6 Å². The first-order valence-corrected chi connectivity index (χ1v) is 12.0. The van der Waals surface area contributed by atoms with Gasteiger partial charge in [-0.05, 0) is 60.9 Å². The molecule has 1 aliphatic heterocycles. The van der Waals surface area contributed by atoms with Gasteiger partial charge in [-0.1, -0.05) is 23.7 Å². The second kappa shape index (κ2) is 9.52. The number of pyridine rings is 1. The van der Waals surface area contributed by atoms with E-state index in [1.807, 2.05) is 67.0 Å². The van der Waals surface area contributed by atoms with Crippen molar-refractivity contribution in [3.63, 3.8) is 0 Å². The molecule has 6 rings (SSSR count). The van der Waals surface area contributed by atoms with Crippen molar-refractivity contribution in [2.75, 3.05) is 11.9 Å². The van der Waals surface area contributed by atoms with Crippen molar-refractivity contribution in [2.45, 2.75) is 31.7 Å². The zero-order valence-electron chi connectivity index (χ0n) is 19.0. The Labute approximate surface area is 207 Å². The highest BCUT2D eigenvalue weighted by Gasteiger charge is 2.28. The van der Waals surface area contributed by atoms with E-state index in [2.05, 4.69) is 25.9 Å². The summed E-state index contributed by atoms with van der Waals surface area (Å²) in [5.41, 5.74) is 2.92. The Balaban J connectivity index is 1.08. The summed E-state index contributed by atoms with van der Waals surface area (Å²) in [6.07, 6.45) is 7.24. The van der Waals surface area contributed by atoms with Crippen LogP contribution in [0.2, 0.25) is 5.02 Å². The molecule has 0 spiro atoms. The Bertz CT molecular complexity index is 1470. The molecule has 5 aromatic rings. The van der Waals surface area contributed by atoms with Gasteiger partial charge in [-0.15, -0.1) is 0 Å². The van der Waals surface area contributed by atoms with E-state index in [4.69, 9.17) is 26.1 Å². The molecule has 1 saturated heterocycles. The molecule has 8 heteroatoms. The first-order chi connectivity index (χ1) is 17.2. The molecule has 7 nitrogen and oxygen atoms in total. The topological polar surface area (TPSA) is 74.1 Å². The van der Waals surface area contributed by atoms with E-state index in [0.29, 0.717) is 13.2 Å². The number of aromatic nitrogens is 4. The summed E-state index contributed by atoms with van der Waals surface area (Å²) in [6, 6.07) is 19.8. The number of nitrogens with zero attached hydrogens (tertiary/aromatic N) is 4. The van der Waals surface area contributed by atoms with Crippen LogP contribution in [-0.2, 0) is 11.3 Å². The van der Waals surface area contributed by atoms with E-state index >= 15 is 0 Å². The number of hydrogen-bond donors (Lipinski definition) is 1. The van der Waals surface area contributed by atoms with Crippen LogP contribution in [0.15, 0.2) is 79.4 Å². The smallest absolute Gasteiger partial charge is 0.145 e. The van der Waals surface area contributed by atoms with Crippen LogP contribution in [0.25, 0.3) is 21.9 Å². The maximum atomic E-state index is 6.27. The molecule has 2 atom stereocenters. The van der Waals surface area contributed by atoms with Gasteiger partial charge >= 0.3 is 0 Å². The third-order valence-corrected chi connectivity index (χ3v) is 6.51. The highest BCUT2D eigenvalue weighted by Crippen LogP contribution is 2.31. The quantitative estimate of drug-likeness (QED) is 0.304. The number of ether oxygens (including phenoxy) is 2. The maximum absolute atomic E-state index is 6.27. The molecule has 4 heterocycles. The lowest BCUT2D eigenvalue weighted by atomic mass is 10.2. The molecule has 0 aliphatic carbocycles. The molecular weight excluding hydrogens is 462 g/mol. The van der Waals surface area contributed by atoms with Gasteiger partial charge in [0, 0.05) is 40.8 Å². The van der Waals surface area contributed by atoms with Gasteiger partial charge in [0.25, 0.3) is 0 Å². The fourth-order valence-corrected chi connectivity index (χ4v) is 4.54. The Morgan fingerprint density at radius 3 is 2.83 bits per heavy atom. The zero-order chi connectivity index (χ0) is 23.6. The van der Waals surface area contributed by atoms with E-state index in [1.54, 1.807) is 6.33 Å². The standard InChI is InChI=1S/C27H24ClN5O2/c28-21-5-1-18(2-6-21)14-30-25-9-4-19-3-7-22(13-24(19)32-25)34-16-23-8-10-26(35-23)33-12-11-20-15-29-17-31-27(20)33/h1-7,9,11-13,15,17,23,26H,8,10,14,16H2,(H,30,32). The number of nitrogens with one attached hydrogen (secondary N) is 1. The molecule has 176 valence electrons. The molecule has 1 N–H and O–H groups in total. The average Bonchev–Trinajstić information content (AvgIpc) is 3.54.